The Morgan fingerprint density at radius 1 is 1.14 bits per heavy atom. The maximum atomic E-state index is 13.1. The van der Waals surface area contributed by atoms with Gasteiger partial charge in [0, 0.05) is 18.2 Å². The molecule has 0 bridgehead atoms. The maximum Gasteiger partial charge on any atom is 0.296 e. The van der Waals surface area contributed by atoms with Gasteiger partial charge in [0.25, 0.3) is 15.7 Å². The molecule has 0 spiro atoms. The summed E-state index contributed by atoms with van der Waals surface area (Å²) < 4.78 is 56.7. The predicted molar refractivity (Wildman–Crippen MR) is 145 cm³/mol. The molecule has 3 rings (SSSR count). The Morgan fingerprint density at radius 3 is 2.35 bits per heavy atom. The number of aromatic amines is 1. The number of H-pyrrole nitrogens is 1. The van der Waals surface area contributed by atoms with Crippen molar-refractivity contribution in [2.75, 3.05) is 34.6 Å². The van der Waals surface area contributed by atoms with Crippen molar-refractivity contribution in [2.45, 2.75) is 16.7 Å². The van der Waals surface area contributed by atoms with Crippen LogP contribution in [0, 0.1) is 6.92 Å². The fraction of sp³-hybridized carbons (Fsp3) is 0.200. The molecule has 0 radical (unpaired) electrons. The van der Waals surface area contributed by atoms with Crippen LogP contribution in [-0.2, 0) is 24.3 Å². The van der Waals surface area contributed by atoms with Crippen molar-refractivity contribution >= 4 is 77.2 Å². The van der Waals surface area contributed by atoms with Crippen molar-refractivity contribution in [3.63, 3.8) is 0 Å². The minimum Gasteiger partial charge on any atom is -0.325 e. The second-order valence-corrected chi connectivity index (χ2v) is 14.8. The standard InChI is InChI=1S/C20H22Cl3N5O7S2/c1-10-19(20(30)28(27-10)15-7-13(23)16(8-12(15)22)36(31,32)33)26-25-14-6-11(24-18(29)9-21)4-5-17(14)37(2,3,34)35/h4-8,25-27H,9H2,1-3H3,(H,24,29)(H,34,35)(H,31,32,33). The zero-order chi connectivity index (χ0) is 27.9. The molecule has 0 aliphatic rings. The van der Waals surface area contributed by atoms with Gasteiger partial charge in [0.05, 0.1) is 32.0 Å². The second kappa shape index (κ2) is 9.94. The highest BCUT2D eigenvalue weighted by Gasteiger charge is 2.24. The predicted octanol–water partition coefficient (Wildman–Crippen LogP) is 3.56. The summed E-state index contributed by atoms with van der Waals surface area (Å²) >= 11 is 17.6. The van der Waals surface area contributed by atoms with Crippen LogP contribution in [0.15, 0.2) is 44.9 Å². The zero-order valence-corrected chi connectivity index (χ0v) is 23.3. The molecular weight excluding hydrogens is 593 g/mol. The number of benzene rings is 2. The molecule has 2 aromatic carbocycles. The summed E-state index contributed by atoms with van der Waals surface area (Å²) in [5.41, 5.74) is 5.36. The largest absolute Gasteiger partial charge is 0.325 e. The molecule has 0 saturated heterocycles. The van der Waals surface area contributed by atoms with E-state index in [0.717, 1.165) is 29.3 Å². The number of rotatable bonds is 8. The average molecular weight is 615 g/mol. The number of hydrogen-bond acceptors (Lipinski definition) is 7. The number of halogens is 3. The summed E-state index contributed by atoms with van der Waals surface area (Å²) in [7, 11) is -8.94. The van der Waals surface area contributed by atoms with Crippen molar-refractivity contribution in [2.24, 2.45) is 0 Å². The molecule has 0 unspecified atom stereocenters. The topological polar surface area (TPSA) is 183 Å². The van der Waals surface area contributed by atoms with E-state index < -0.39 is 35.8 Å². The third-order valence-electron chi connectivity index (χ3n) is 4.93. The van der Waals surface area contributed by atoms with E-state index in [4.69, 9.17) is 34.8 Å². The average Bonchev–Trinajstić information content (AvgIpc) is 3.04. The van der Waals surface area contributed by atoms with Gasteiger partial charge in [0.15, 0.2) is 0 Å². The van der Waals surface area contributed by atoms with Gasteiger partial charge in [0.2, 0.25) is 5.91 Å². The van der Waals surface area contributed by atoms with E-state index in [0.29, 0.717) is 5.69 Å². The monoisotopic (exact) mass is 613 g/mol. The SMILES string of the molecule is Cc1[nH]n(-c2cc(Cl)c(S(=O)(=O)O)cc2Cl)c(=O)c1NNc1cc(NC(=O)CCl)ccc1S(C)(C)(=O)O. The van der Waals surface area contributed by atoms with Crippen LogP contribution in [-0.4, -0.2) is 55.8 Å². The molecule has 6 N–H and O–H groups in total. The quantitative estimate of drug-likeness (QED) is 0.125. The first-order valence-electron chi connectivity index (χ1n) is 10.1. The summed E-state index contributed by atoms with van der Waals surface area (Å²) in [5.74, 6) is -0.799. The number of aryl methyl sites for hydroxylation is 1. The number of carbonyl (C=O) groups is 1. The lowest BCUT2D eigenvalue weighted by Gasteiger charge is -2.36. The van der Waals surface area contributed by atoms with Crippen LogP contribution >= 0.6 is 34.8 Å². The van der Waals surface area contributed by atoms with Gasteiger partial charge >= 0.3 is 0 Å². The number of nitrogens with zero attached hydrogens (tertiary/aromatic N) is 1. The Kier molecular flexibility index (Phi) is 7.79. The molecule has 0 fully saturated rings. The van der Waals surface area contributed by atoms with Crippen molar-refractivity contribution in [1.29, 1.82) is 0 Å². The highest BCUT2D eigenvalue weighted by molar-refractivity contribution is 8.14. The Labute approximate surface area is 226 Å². The molecule has 1 aromatic heterocycles. The molecule has 202 valence electrons. The summed E-state index contributed by atoms with van der Waals surface area (Å²) in [5, 5.41) is 4.71. The number of amides is 1. The van der Waals surface area contributed by atoms with E-state index in [1.54, 1.807) is 6.92 Å². The van der Waals surface area contributed by atoms with Crippen LogP contribution in [0.4, 0.5) is 17.1 Å². The fourth-order valence-electron chi connectivity index (χ4n) is 3.29. The third kappa shape index (κ3) is 6.46. The zero-order valence-electron chi connectivity index (χ0n) is 19.4. The Balaban J connectivity index is 2.03. The van der Waals surface area contributed by atoms with Crippen molar-refractivity contribution in [1.82, 2.24) is 9.78 Å². The lowest BCUT2D eigenvalue weighted by Crippen LogP contribution is -2.30. The van der Waals surface area contributed by atoms with Crippen LogP contribution in [0.5, 0.6) is 0 Å². The molecule has 0 atom stereocenters. The van der Waals surface area contributed by atoms with Gasteiger partial charge in [-0.15, -0.1) is 11.6 Å². The van der Waals surface area contributed by atoms with E-state index in [1.165, 1.54) is 18.2 Å². The molecule has 3 aromatic rings. The minimum absolute atomic E-state index is 0.00230. The Morgan fingerprint density at radius 2 is 1.78 bits per heavy atom. The molecule has 12 nitrogen and oxygen atoms in total. The lowest BCUT2D eigenvalue weighted by molar-refractivity contribution is -0.113. The molecule has 0 aliphatic carbocycles. The molecule has 1 amide bonds. The summed E-state index contributed by atoms with van der Waals surface area (Å²) in [6, 6.07) is 6.15. The molecule has 37 heavy (non-hydrogen) atoms. The first-order valence-corrected chi connectivity index (χ1v) is 15.5. The minimum atomic E-state index is -4.65. The summed E-state index contributed by atoms with van der Waals surface area (Å²) in [4.78, 5) is 24.2. The first kappa shape index (κ1) is 29.0. The van der Waals surface area contributed by atoms with E-state index in [-0.39, 0.29) is 43.6 Å². The van der Waals surface area contributed by atoms with Gasteiger partial charge < -0.3 is 5.32 Å². The first-order chi connectivity index (χ1) is 16.9. The van der Waals surface area contributed by atoms with E-state index in [2.05, 4.69) is 21.3 Å². The van der Waals surface area contributed by atoms with Crippen molar-refractivity contribution in [3.05, 3.63) is 56.4 Å². The van der Waals surface area contributed by atoms with Gasteiger partial charge in [-0.05, 0) is 37.3 Å². The van der Waals surface area contributed by atoms with E-state index in [1.807, 2.05) is 0 Å². The Hall–Kier alpha value is -2.59. The van der Waals surface area contributed by atoms with Gasteiger partial charge in [0.1, 0.15) is 16.5 Å². The fourth-order valence-corrected chi connectivity index (χ4v) is 5.89. The van der Waals surface area contributed by atoms with Crippen molar-refractivity contribution < 1.29 is 26.5 Å². The molecular formula is C20H22Cl3N5O7S2. The maximum absolute atomic E-state index is 13.1. The van der Waals surface area contributed by atoms with Crippen LogP contribution < -0.4 is 21.7 Å². The number of carbonyl (C=O) groups excluding carboxylic acids is 1. The summed E-state index contributed by atoms with van der Waals surface area (Å²) in [6.07, 6.45) is 2.29. The number of anilines is 3. The molecule has 0 saturated carbocycles. The normalized spacial score (nSPS) is 13.0. The third-order valence-corrected chi connectivity index (χ3v) is 8.40. The molecule has 0 aliphatic heterocycles. The van der Waals surface area contributed by atoms with Crippen LogP contribution in [0.25, 0.3) is 5.69 Å². The van der Waals surface area contributed by atoms with Crippen LogP contribution in [0.2, 0.25) is 10.0 Å². The summed E-state index contributed by atoms with van der Waals surface area (Å²) in [6.45, 7) is 1.54. The highest BCUT2D eigenvalue weighted by atomic mass is 35.5. The molecule has 1 heterocycles. The molecule has 17 heteroatoms. The smallest absolute Gasteiger partial charge is 0.296 e. The van der Waals surface area contributed by atoms with Crippen molar-refractivity contribution in [3.8, 4) is 5.69 Å². The Bertz CT molecular complexity index is 1630. The van der Waals surface area contributed by atoms with Crippen LogP contribution in [0.1, 0.15) is 5.69 Å². The van der Waals surface area contributed by atoms with E-state index >= 15 is 0 Å². The number of hydrogen-bond donors (Lipinski definition) is 6. The second-order valence-electron chi connectivity index (χ2n) is 8.37. The van der Waals surface area contributed by atoms with E-state index in [9.17, 15) is 31.3 Å². The number of alkyl halides is 1. The van der Waals surface area contributed by atoms with Gasteiger partial charge in [-0.25, -0.2) is 8.89 Å². The number of nitrogens with one attached hydrogen (secondary N) is 4. The van der Waals surface area contributed by atoms with Gasteiger partial charge in [-0.2, -0.15) is 17.8 Å². The van der Waals surface area contributed by atoms with Gasteiger partial charge in [-0.3, -0.25) is 34.6 Å². The number of hydrazine groups is 1. The van der Waals surface area contributed by atoms with Crippen LogP contribution in [0.3, 0.4) is 0 Å². The van der Waals surface area contributed by atoms with Gasteiger partial charge in [-0.1, -0.05) is 23.2 Å². The highest BCUT2D eigenvalue weighted by Crippen LogP contribution is 2.35. The lowest BCUT2D eigenvalue weighted by atomic mass is 10.2. The number of aromatic nitrogens is 2.